The Kier molecular flexibility index (Phi) is 4.82. The fourth-order valence-corrected chi connectivity index (χ4v) is 3.84. The predicted molar refractivity (Wildman–Crippen MR) is 105 cm³/mol. The number of nitrogens with one attached hydrogen (secondary N) is 1. The van der Waals surface area contributed by atoms with Gasteiger partial charge in [-0.2, -0.15) is 5.10 Å². The maximum Gasteiger partial charge on any atom is 0.133 e. The minimum Gasteiger partial charge on any atom is -0.370 e. The van der Waals surface area contributed by atoms with Crippen molar-refractivity contribution in [1.82, 2.24) is 9.78 Å². The van der Waals surface area contributed by atoms with Gasteiger partial charge in [0.25, 0.3) is 0 Å². The summed E-state index contributed by atoms with van der Waals surface area (Å²) >= 11 is 18.9. The second-order valence-corrected chi connectivity index (χ2v) is 7.44. The smallest absolute Gasteiger partial charge is 0.133 e. The third-order valence-electron chi connectivity index (χ3n) is 4.45. The van der Waals surface area contributed by atoms with Gasteiger partial charge in [-0.15, -0.1) is 0 Å². The third-order valence-corrected chi connectivity index (χ3v) is 5.32. The highest BCUT2D eigenvalue weighted by Crippen LogP contribution is 2.38. The molecule has 7 heteroatoms. The van der Waals surface area contributed by atoms with Crippen molar-refractivity contribution in [3.63, 3.8) is 0 Å². The number of benzene rings is 2. The average Bonchev–Trinajstić information content (AvgIpc) is 2.78. The molecule has 1 aromatic heterocycles. The topological polar surface area (TPSA) is 29.9 Å². The zero-order valence-corrected chi connectivity index (χ0v) is 16.0. The molecule has 2 aromatic carbocycles. The van der Waals surface area contributed by atoms with Crippen molar-refractivity contribution in [2.75, 3.05) is 11.9 Å². The number of hydrogen-bond acceptors (Lipinski definition) is 2. The molecular weight excluding hydrogens is 396 g/mol. The van der Waals surface area contributed by atoms with Gasteiger partial charge in [0.2, 0.25) is 0 Å². The normalized spacial score (nSPS) is 13.8. The predicted octanol–water partition coefficient (Wildman–Crippen LogP) is 6.39. The average molecular weight is 411 g/mol. The Morgan fingerprint density at radius 3 is 2.65 bits per heavy atom. The van der Waals surface area contributed by atoms with Crippen LogP contribution in [0.3, 0.4) is 0 Å². The maximum absolute atomic E-state index is 13.5. The first-order valence-electron chi connectivity index (χ1n) is 8.31. The molecule has 0 aliphatic carbocycles. The zero-order chi connectivity index (χ0) is 18.3. The Balaban J connectivity index is 1.96. The van der Waals surface area contributed by atoms with Crippen molar-refractivity contribution in [2.24, 2.45) is 0 Å². The molecule has 2 heterocycles. The third kappa shape index (κ3) is 3.18. The molecule has 1 aliphatic rings. The van der Waals surface area contributed by atoms with Crippen LogP contribution in [0.15, 0.2) is 36.4 Å². The van der Waals surface area contributed by atoms with Crippen molar-refractivity contribution in [3.8, 4) is 16.9 Å². The Bertz CT molecular complexity index is 984. The molecule has 4 rings (SSSR count). The quantitative estimate of drug-likeness (QED) is 0.530. The van der Waals surface area contributed by atoms with Gasteiger partial charge in [-0.05, 0) is 55.7 Å². The number of fused-ring (bicyclic) bond motifs is 1. The zero-order valence-electron chi connectivity index (χ0n) is 13.7. The minimum atomic E-state index is -0.375. The van der Waals surface area contributed by atoms with Crippen LogP contribution in [-0.4, -0.2) is 16.3 Å². The summed E-state index contributed by atoms with van der Waals surface area (Å²) in [6.07, 6.45) is 2.93. The molecule has 3 nitrogen and oxygen atoms in total. The molecule has 0 atom stereocenters. The van der Waals surface area contributed by atoms with Crippen LogP contribution in [0.4, 0.5) is 10.2 Å². The van der Waals surface area contributed by atoms with Gasteiger partial charge in [-0.3, -0.25) is 0 Å². The number of nitrogens with zero attached hydrogens (tertiary/aromatic N) is 2. The van der Waals surface area contributed by atoms with Crippen LogP contribution in [0.1, 0.15) is 18.4 Å². The van der Waals surface area contributed by atoms with Gasteiger partial charge in [0.1, 0.15) is 11.6 Å². The minimum absolute atomic E-state index is 0.332. The summed E-state index contributed by atoms with van der Waals surface area (Å²) in [4.78, 5) is 0. The van der Waals surface area contributed by atoms with Gasteiger partial charge in [0.05, 0.1) is 21.4 Å². The summed E-state index contributed by atoms with van der Waals surface area (Å²) in [5, 5.41) is 9.66. The first-order valence-corrected chi connectivity index (χ1v) is 9.44. The molecule has 0 spiro atoms. The Labute approximate surface area is 165 Å². The van der Waals surface area contributed by atoms with Gasteiger partial charge in [-0.1, -0.05) is 34.8 Å². The summed E-state index contributed by atoms with van der Waals surface area (Å²) in [6.45, 7) is 0.841. The lowest BCUT2D eigenvalue weighted by Crippen LogP contribution is -2.07. The van der Waals surface area contributed by atoms with E-state index in [0.29, 0.717) is 26.3 Å². The van der Waals surface area contributed by atoms with Gasteiger partial charge in [0.15, 0.2) is 0 Å². The van der Waals surface area contributed by atoms with Crippen molar-refractivity contribution in [1.29, 1.82) is 0 Å². The van der Waals surface area contributed by atoms with Crippen molar-refractivity contribution in [2.45, 2.75) is 19.3 Å². The van der Waals surface area contributed by atoms with Gasteiger partial charge >= 0.3 is 0 Å². The van der Waals surface area contributed by atoms with E-state index >= 15 is 0 Å². The van der Waals surface area contributed by atoms with E-state index in [9.17, 15) is 4.39 Å². The lowest BCUT2D eigenvalue weighted by molar-refractivity contribution is 0.628. The van der Waals surface area contributed by atoms with Crippen LogP contribution in [0.25, 0.3) is 16.9 Å². The molecule has 0 amide bonds. The van der Waals surface area contributed by atoms with Crippen molar-refractivity contribution in [3.05, 3.63) is 62.8 Å². The van der Waals surface area contributed by atoms with E-state index in [4.69, 9.17) is 39.9 Å². The molecule has 3 aromatic rings. The number of halogens is 4. The fourth-order valence-electron chi connectivity index (χ4n) is 3.22. The first-order chi connectivity index (χ1) is 12.5. The van der Waals surface area contributed by atoms with E-state index < -0.39 is 0 Å². The largest absolute Gasteiger partial charge is 0.370 e. The van der Waals surface area contributed by atoms with Gasteiger partial charge in [-0.25, -0.2) is 9.07 Å². The van der Waals surface area contributed by atoms with Gasteiger partial charge < -0.3 is 5.32 Å². The van der Waals surface area contributed by atoms with Crippen molar-refractivity contribution >= 4 is 40.6 Å². The number of hydrogen-bond donors (Lipinski definition) is 1. The molecule has 0 radical (unpaired) electrons. The lowest BCUT2D eigenvalue weighted by Gasteiger charge is -2.11. The maximum atomic E-state index is 13.5. The van der Waals surface area contributed by atoms with E-state index in [1.807, 2.05) is 0 Å². The molecule has 1 N–H and O–H groups in total. The highest BCUT2D eigenvalue weighted by Gasteiger charge is 2.24. The molecule has 0 saturated heterocycles. The number of aromatic nitrogens is 2. The Morgan fingerprint density at radius 1 is 1.00 bits per heavy atom. The lowest BCUT2D eigenvalue weighted by atomic mass is 10.0. The van der Waals surface area contributed by atoms with Crippen LogP contribution in [0, 0.1) is 5.82 Å². The molecule has 0 saturated carbocycles. The summed E-state index contributed by atoms with van der Waals surface area (Å²) in [7, 11) is 0. The summed E-state index contributed by atoms with van der Waals surface area (Å²) < 4.78 is 15.2. The number of rotatable bonds is 2. The van der Waals surface area contributed by atoms with Crippen LogP contribution >= 0.6 is 34.8 Å². The van der Waals surface area contributed by atoms with Crippen LogP contribution in [0.5, 0.6) is 0 Å². The van der Waals surface area contributed by atoms with Crippen LogP contribution < -0.4 is 5.32 Å². The second-order valence-electron chi connectivity index (χ2n) is 6.19. The standard InChI is InChI=1S/C19H15Cl3FN3/c20-11-4-7-15(21)17(9-11)26-19-14(3-1-2-8-24-19)18(25-26)13-6-5-12(23)10-16(13)22/h4-7,9-10,24H,1-3,8H2. The molecule has 0 fully saturated rings. The van der Waals surface area contributed by atoms with Crippen LogP contribution in [0.2, 0.25) is 15.1 Å². The Hall–Kier alpha value is -1.75. The number of anilines is 1. The summed E-state index contributed by atoms with van der Waals surface area (Å²) in [5.41, 5.74) is 3.17. The Morgan fingerprint density at radius 2 is 1.85 bits per heavy atom. The van der Waals surface area contributed by atoms with E-state index in [1.54, 1.807) is 28.9 Å². The summed E-state index contributed by atoms with van der Waals surface area (Å²) in [5.74, 6) is 0.502. The highest BCUT2D eigenvalue weighted by atomic mass is 35.5. The van der Waals surface area contributed by atoms with E-state index in [1.165, 1.54) is 12.1 Å². The molecule has 26 heavy (non-hydrogen) atoms. The molecule has 134 valence electrons. The second kappa shape index (κ2) is 7.10. The van der Waals surface area contributed by atoms with E-state index in [-0.39, 0.29) is 5.82 Å². The van der Waals surface area contributed by atoms with Crippen LogP contribution in [-0.2, 0) is 6.42 Å². The van der Waals surface area contributed by atoms with E-state index in [2.05, 4.69) is 5.32 Å². The van der Waals surface area contributed by atoms with Gasteiger partial charge in [0, 0.05) is 22.7 Å². The van der Waals surface area contributed by atoms with Crippen molar-refractivity contribution < 1.29 is 4.39 Å². The molecular formula is C19H15Cl3FN3. The molecule has 0 bridgehead atoms. The first kappa shape index (κ1) is 17.7. The molecule has 1 aliphatic heterocycles. The highest BCUT2D eigenvalue weighted by molar-refractivity contribution is 6.34. The summed E-state index contributed by atoms with van der Waals surface area (Å²) in [6, 6.07) is 9.62. The fraction of sp³-hybridized carbons (Fsp3) is 0.211. The SMILES string of the molecule is Fc1ccc(-c2nn(-c3cc(Cl)ccc3Cl)c3c2CCCCN3)c(Cl)c1. The monoisotopic (exact) mass is 409 g/mol. The van der Waals surface area contributed by atoms with E-state index in [0.717, 1.165) is 42.9 Å². The molecule has 0 unspecified atom stereocenters.